The van der Waals surface area contributed by atoms with Crippen molar-refractivity contribution in [2.24, 2.45) is 0 Å². The molecule has 1 saturated heterocycles. The summed E-state index contributed by atoms with van der Waals surface area (Å²) in [6.07, 6.45) is 6.67. The van der Waals surface area contributed by atoms with E-state index in [4.69, 9.17) is 10.2 Å². The van der Waals surface area contributed by atoms with E-state index in [-0.39, 0.29) is 0 Å². The van der Waals surface area contributed by atoms with E-state index in [1.165, 1.54) is 25.7 Å². The molecule has 17 heavy (non-hydrogen) atoms. The van der Waals surface area contributed by atoms with Gasteiger partial charge in [0.25, 0.3) is 0 Å². The fraction of sp³-hybridized carbons (Fsp3) is 0.692. The fourth-order valence-corrected chi connectivity index (χ4v) is 3.39. The Labute approximate surface area is 107 Å². The van der Waals surface area contributed by atoms with Gasteiger partial charge in [-0.2, -0.15) is 5.26 Å². The predicted molar refractivity (Wildman–Crippen MR) is 71.5 cm³/mol. The fourth-order valence-electron chi connectivity index (χ4n) is 2.25. The van der Waals surface area contributed by atoms with Gasteiger partial charge in [0.1, 0.15) is 0 Å². The first kappa shape index (κ1) is 12.4. The lowest BCUT2D eigenvalue weighted by atomic mass is 10.2. The number of rotatable bonds is 3. The maximum absolute atomic E-state index is 8.82. The molecule has 0 unspecified atom stereocenters. The maximum atomic E-state index is 8.82. The maximum Gasteiger partial charge on any atom is 0.185 e. The average molecular weight is 249 g/mol. The van der Waals surface area contributed by atoms with Crippen LogP contribution in [0, 0.1) is 11.3 Å². The van der Waals surface area contributed by atoms with Crippen LogP contribution in [0.2, 0.25) is 0 Å². The zero-order valence-corrected chi connectivity index (χ0v) is 11.2. The highest BCUT2D eigenvalue weighted by molar-refractivity contribution is 7.15. The lowest BCUT2D eigenvalue weighted by Crippen LogP contribution is -2.23. The number of aromatic nitrogens is 1. The second-order valence-corrected chi connectivity index (χ2v) is 5.52. The van der Waals surface area contributed by atoms with Gasteiger partial charge in [0.2, 0.25) is 0 Å². The molecule has 4 heteroatoms. The lowest BCUT2D eigenvalue weighted by molar-refractivity contribution is 0.726. The molecule has 1 aromatic rings. The summed E-state index contributed by atoms with van der Waals surface area (Å²) in [6, 6.07) is 2.24. The van der Waals surface area contributed by atoms with Gasteiger partial charge in [-0.15, -0.1) is 11.3 Å². The molecule has 0 radical (unpaired) electrons. The van der Waals surface area contributed by atoms with E-state index in [1.54, 1.807) is 11.3 Å². The number of nitrogens with zero attached hydrogens (tertiary/aromatic N) is 3. The van der Waals surface area contributed by atoms with Crippen molar-refractivity contribution in [1.29, 1.82) is 5.26 Å². The molecule has 0 saturated carbocycles. The van der Waals surface area contributed by atoms with Crippen LogP contribution in [0.1, 0.15) is 43.2 Å². The molecule has 0 atom stereocenters. The molecule has 3 nitrogen and oxygen atoms in total. The summed E-state index contributed by atoms with van der Waals surface area (Å²) < 4.78 is 0. The lowest BCUT2D eigenvalue weighted by Gasteiger charge is -2.18. The first-order valence-electron chi connectivity index (χ1n) is 6.45. The second kappa shape index (κ2) is 6.02. The smallest absolute Gasteiger partial charge is 0.185 e. The molecule has 1 fully saturated rings. The summed E-state index contributed by atoms with van der Waals surface area (Å²) in [5, 5.41) is 9.95. The van der Waals surface area contributed by atoms with Crippen molar-refractivity contribution in [1.82, 2.24) is 4.98 Å². The van der Waals surface area contributed by atoms with Crippen LogP contribution in [0.25, 0.3) is 0 Å². The molecule has 0 bridgehead atoms. The van der Waals surface area contributed by atoms with Crippen molar-refractivity contribution >= 4 is 16.5 Å². The summed E-state index contributed by atoms with van der Waals surface area (Å²) in [7, 11) is 0. The van der Waals surface area contributed by atoms with Crippen LogP contribution < -0.4 is 4.90 Å². The summed E-state index contributed by atoms with van der Waals surface area (Å²) in [5.41, 5.74) is 1.12. The van der Waals surface area contributed by atoms with E-state index >= 15 is 0 Å². The van der Waals surface area contributed by atoms with E-state index in [0.717, 1.165) is 35.2 Å². The zero-order valence-electron chi connectivity index (χ0n) is 10.4. The Morgan fingerprint density at radius 3 is 2.59 bits per heavy atom. The van der Waals surface area contributed by atoms with Gasteiger partial charge in [0.15, 0.2) is 5.13 Å². The van der Waals surface area contributed by atoms with Crippen LogP contribution in [-0.4, -0.2) is 18.1 Å². The number of thiazole rings is 1. The molecule has 2 rings (SSSR count). The number of hydrogen-bond acceptors (Lipinski definition) is 4. The highest BCUT2D eigenvalue weighted by Crippen LogP contribution is 2.28. The van der Waals surface area contributed by atoms with Crippen molar-refractivity contribution in [3.63, 3.8) is 0 Å². The van der Waals surface area contributed by atoms with Gasteiger partial charge < -0.3 is 4.90 Å². The standard InChI is InChI=1S/C13H19N3S/c1-2-11-12(7-8-14)17-13(15-11)16-9-5-3-4-6-10-16/h2-7,9-10H2,1H3. The van der Waals surface area contributed by atoms with E-state index in [0.29, 0.717) is 6.42 Å². The molecule has 0 aromatic carbocycles. The summed E-state index contributed by atoms with van der Waals surface area (Å²) in [6.45, 7) is 4.37. The number of anilines is 1. The van der Waals surface area contributed by atoms with Crippen LogP contribution >= 0.6 is 11.3 Å². The monoisotopic (exact) mass is 249 g/mol. The van der Waals surface area contributed by atoms with Crippen LogP contribution in [-0.2, 0) is 12.8 Å². The Bertz CT molecular complexity index is 397. The third-order valence-electron chi connectivity index (χ3n) is 3.22. The van der Waals surface area contributed by atoms with Crippen LogP contribution in [0.3, 0.4) is 0 Å². The molecule has 0 amide bonds. The minimum Gasteiger partial charge on any atom is -0.348 e. The molecule has 0 aliphatic carbocycles. The summed E-state index contributed by atoms with van der Waals surface area (Å²) in [5.74, 6) is 0. The molecule has 2 heterocycles. The molecule has 92 valence electrons. The molecule has 1 aromatic heterocycles. The third kappa shape index (κ3) is 2.98. The molecule has 0 N–H and O–H groups in total. The van der Waals surface area contributed by atoms with Gasteiger partial charge in [0, 0.05) is 18.0 Å². The van der Waals surface area contributed by atoms with Gasteiger partial charge in [0.05, 0.1) is 18.2 Å². The highest BCUT2D eigenvalue weighted by atomic mass is 32.1. The highest BCUT2D eigenvalue weighted by Gasteiger charge is 2.16. The Kier molecular flexibility index (Phi) is 4.38. The Balaban J connectivity index is 2.17. The van der Waals surface area contributed by atoms with E-state index < -0.39 is 0 Å². The third-order valence-corrected chi connectivity index (χ3v) is 4.38. The average Bonchev–Trinajstić information content (AvgIpc) is 2.58. The zero-order chi connectivity index (χ0) is 12.1. The van der Waals surface area contributed by atoms with Crippen molar-refractivity contribution < 1.29 is 0 Å². The number of hydrogen-bond donors (Lipinski definition) is 0. The van der Waals surface area contributed by atoms with Gasteiger partial charge in [-0.05, 0) is 19.3 Å². The number of aryl methyl sites for hydroxylation is 1. The van der Waals surface area contributed by atoms with Crippen molar-refractivity contribution in [2.75, 3.05) is 18.0 Å². The largest absolute Gasteiger partial charge is 0.348 e. The van der Waals surface area contributed by atoms with Crippen molar-refractivity contribution in [2.45, 2.75) is 45.4 Å². The summed E-state index contributed by atoms with van der Waals surface area (Å²) in [4.78, 5) is 8.27. The van der Waals surface area contributed by atoms with Crippen molar-refractivity contribution in [3.8, 4) is 6.07 Å². The SMILES string of the molecule is CCc1nc(N2CCCCCC2)sc1CC#N. The number of nitriles is 1. The Morgan fingerprint density at radius 2 is 2.00 bits per heavy atom. The second-order valence-electron chi connectivity index (χ2n) is 4.46. The first-order chi connectivity index (χ1) is 8.35. The van der Waals surface area contributed by atoms with Gasteiger partial charge >= 0.3 is 0 Å². The molecule has 1 aliphatic heterocycles. The van der Waals surface area contributed by atoms with Gasteiger partial charge in [-0.25, -0.2) is 4.98 Å². The van der Waals surface area contributed by atoms with Crippen LogP contribution in [0.15, 0.2) is 0 Å². The predicted octanol–water partition coefficient (Wildman–Crippen LogP) is 3.15. The van der Waals surface area contributed by atoms with Crippen LogP contribution in [0.4, 0.5) is 5.13 Å². The topological polar surface area (TPSA) is 39.9 Å². The van der Waals surface area contributed by atoms with Gasteiger partial charge in [-0.3, -0.25) is 0 Å². The quantitative estimate of drug-likeness (QED) is 0.826. The molecule has 1 aliphatic rings. The first-order valence-corrected chi connectivity index (χ1v) is 7.27. The van der Waals surface area contributed by atoms with Crippen molar-refractivity contribution in [3.05, 3.63) is 10.6 Å². The molecule has 0 spiro atoms. The minimum atomic E-state index is 0.509. The minimum absolute atomic E-state index is 0.509. The van der Waals surface area contributed by atoms with Crippen LogP contribution in [0.5, 0.6) is 0 Å². The van der Waals surface area contributed by atoms with E-state index in [2.05, 4.69) is 17.9 Å². The normalized spacial score (nSPS) is 16.6. The van der Waals surface area contributed by atoms with E-state index in [1.807, 2.05) is 0 Å². The van der Waals surface area contributed by atoms with Gasteiger partial charge in [-0.1, -0.05) is 19.8 Å². The molecular formula is C13H19N3S. The molecular weight excluding hydrogens is 230 g/mol. The van der Waals surface area contributed by atoms with E-state index in [9.17, 15) is 0 Å². The Morgan fingerprint density at radius 1 is 1.29 bits per heavy atom. The Hall–Kier alpha value is -1.08. The summed E-state index contributed by atoms with van der Waals surface area (Å²) >= 11 is 1.72.